The summed E-state index contributed by atoms with van der Waals surface area (Å²) < 4.78 is 5.34. The summed E-state index contributed by atoms with van der Waals surface area (Å²) in [6.07, 6.45) is 3.45. The number of nitrogens with zero attached hydrogens (tertiary/aromatic N) is 2. The molecule has 1 unspecified atom stereocenters. The summed E-state index contributed by atoms with van der Waals surface area (Å²) >= 11 is 0. The van der Waals surface area contributed by atoms with Crippen LogP contribution in [-0.2, 0) is 4.74 Å². The van der Waals surface area contributed by atoms with Crippen LogP contribution in [0.15, 0.2) is 33.2 Å². The second-order valence-corrected chi connectivity index (χ2v) is 3.07. The average molecular weight is 191 g/mol. The van der Waals surface area contributed by atoms with Crippen molar-refractivity contribution in [2.24, 2.45) is 9.98 Å². The molecule has 2 bridgehead atoms. The summed E-state index contributed by atoms with van der Waals surface area (Å²) in [6.45, 7) is 0. The molecule has 3 aliphatic rings. The Hall–Kier alpha value is -2.11. The third kappa shape index (κ3) is 0.681. The van der Waals surface area contributed by atoms with E-state index in [0.29, 0.717) is 11.5 Å². The van der Waals surface area contributed by atoms with Crippen molar-refractivity contribution in [3.63, 3.8) is 0 Å². The normalized spacial score (nSPS) is 30.4. The average Bonchev–Trinajstić information content (AvgIpc) is 2.68. The number of carbonyl (C=O) groups is 1. The van der Waals surface area contributed by atoms with Gasteiger partial charge in [0.25, 0.3) is 5.72 Å². The van der Waals surface area contributed by atoms with Gasteiger partial charge in [-0.05, 0) is 0 Å². The quantitative estimate of drug-likeness (QED) is 0.622. The number of amides is 1. The van der Waals surface area contributed by atoms with Crippen molar-refractivity contribution in [2.45, 2.75) is 5.72 Å². The Balaban J connectivity index is 2.07. The summed E-state index contributed by atoms with van der Waals surface area (Å²) in [5, 5.41) is 10.9. The topological polar surface area (TPSA) is 83.3 Å². The lowest BCUT2D eigenvalue weighted by atomic mass is 10.0. The fraction of sp³-hybridized carbons (Fsp3) is 0.125. The lowest BCUT2D eigenvalue weighted by molar-refractivity contribution is 0.0960. The molecular weight excluding hydrogens is 186 g/mol. The molecule has 70 valence electrons. The molecule has 0 radical (unpaired) electrons. The van der Waals surface area contributed by atoms with Crippen LogP contribution in [-0.4, -0.2) is 29.4 Å². The van der Waals surface area contributed by atoms with Crippen molar-refractivity contribution in [1.29, 1.82) is 0 Å². The summed E-state index contributed by atoms with van der Waals surface area (Å²) in [4.78, 5) is 18.5. The molecule has 0 aliphatic carbocycles. The predicted molar refractivity (Wildman–Crippen MR) is 47.1 cm³/mol. The van der Waals surface area contributed by atoms with E-state index in [1.54, 1.807) is 12.4 Å². The smallest absolute Gasteiger partial charge is 0.408 e. The van der Waals surface area contributed by atoms with Crippen LogP contribution in [0, 0.1) is 0 Å². The standard InChI is InChI=1S/C8H5N3O3/c12-7(13)11-8-3-10-6(14-8)4-1-9-2-5(4)8/h1-3,11H,(H,12,13). The fourth-order valence-electron chi connectivity index (χ4n) is 1.68. The van der Waals surface area contributed by atoms with E-state index in [9.17, 15) is 4.79 Å². The van der Waals surface area contributed by atoms with E-state index in [0.717, 1.165) is 5.57 Å². The summed E-state index contributed by atoms with van der Waals surface area (Å²) in [5.74, 6) is 0.422. The van der Waals surface area contributed by atoms with E-state index in [1.165, 1.54) is 6.21 Å². The van der Waals surface area contributed by atoms with Gasteiger partial charge in [-0.1, -0.05) is 0 Å². The van der Waals surface area contributed by atoms with Gasteiger partial charge in [0.1, 0.15) is 0 Å². The van der Waals surface area contributed by atoms with Crippen molar-refractivity contribution in [3.05, 3.63) is 23.2 Å². The SMILES string of the molecule is O=C(O)NC12C=NC(=C3C=NC=C31)O2. The van der Waals surface area contributed by atoms with Crippen molar-refractivity contribution in [3.8, 4) is 0 Å². The largest absolute Gasteiger partial charge is 0.465 e. The van der Waals surface area contributed by atoms with Crippen molar-refractivity contribution < 1.29 is 14.6 Å². The van der Waals surface area contributed by atoms with Crippen molar-refractivity contribution in [1.82, 2.24) is 5.32 Å². The molecule has 14 heavy (non-hydrogen) atoms. The zero-order valence-electron chi connectivity index (χ0n) is 6.89. The number of aliphatic imine (C=N–C) groups is 2. The summed E-state index contributed by atoms with van der Waals surface area (Å²) in [6, 6.07) is 0. The highest BCUT2D eigenvalue weighted by Crippen LogP contribution is 2.42. The molecule has 0 aromatic heterocycles. The Morgan fingerprint density at radius 2 is 2.50 bits per heavy atom. The minimum atomic E-state index is -1.16. The first-order valence-corrected chi connectivity index (χ1v) is 3.95. The first-order chi connectivity index (χ1) is 6.71. The van der Waals surface area contributed by atoms with Crippen molar-refractivity contribution >= 4 is 18.5 Å². The lowest BCUT2D eigenvalue weighted by Gasteiger charge is -2.21. The van der Waals surface area contributed by atoms with Crippen LogP contribution >= 0.6 is 0 Å². The van der Waals surface area contributed by atoms with E-state index in [-0.39, 0.29) is 0 Å². The number of ether oxygens (including phenoxy) is 1. The molecule has 6 heteroatoms. The summed E-state index contributed by atoms with van der Waals surface area (Å²) in [5.41, 5.74) is 0.304. The molecule has 0 spiro atoms. The van der Waals surface area contributed by atoms with Crippen LogP contribution in [0.3, 0.4) is 0 Å². The maximum Gasteiger partial charge on any atom is 0.408 e. The number of rotatable bonds is 1. The number of carboxylic acid groups (broad SMARTS) is 1. The highest BCUT2D eigenvalue weighted by atomic mass is 16.5. The van der Waals surface area contributed by atoms with E-state index >= 15 is 0 Å². The van der Waals surface area contributed by atoms with Crippen LogP contribution in [0.1, 0.15) is 0 Å². The van der Waals surface area contributed by atoms with Crippen LogP contribution in [0.4, 0.5) is 4.79 Å². The second kappa shape index (κ2) is 2.03. The molecule has 0 saturated heterocycles. The van der Waals surface area contributed by atoms with Gasteiger partial charge in [-0.2, -0.15) is 0 Å². The van der Waals surface area contributed by atoms with Gasteiger partial charge in [0.15, 0.2) is 0 Å². The first-order valence-electron chi connectivity index (χ1n) is 3.95. The van der Waals surface area contributed by atoms with Gasteiger partial charge < -0.3 is 9.84 Å². The third-order valence-corrected chi connectivity index (χ3v) is 2.24. The fourth-order valence-corrected chi connectivity index (χ4v) is 1.68. The maximum absolute atomic E-state index is 10.6. The molecule has 2 N–H and O–H groups in total. The van der Waals surface area contributed by atoms with Gasteiger partial charge in [0, 0.05) is 12.4 Å². The Morgan fingerprint density at radius 1 is 1.64 bits per heavy atom. The molecule has 0 fully saturated rings. The molecule has 3 heterocycles. The highest BCUT2D eigenvalue weighted by Gasteiger charge is 2.50. The minimum Gasteiger partial charge on any atom is -0.465 e. The monoisotopic (exact) mass is 191 g/mol. The molecule has 6 nitrogen and oxygen atoms in total. The highest BCUT2D eigenvalue weighted by molar-refractivity contribution is 5.99. The van der Waals surface area contributed by atoms with E-state index < -0.39 is 11.8 Å². The molecule has 0 aromatic rings. The number of hydrogen-bond acceptors (Lipinski definition) is 4. The third-order valence-electron chi connectivity index (χ3n) is 2.24. The number of fused-ring (bicyclic) bond motifs is 4. The maximum atomic E-state index is 10.6. The number of nitrogens with one attached hydrogen (secondary N) is 1. The zero-order valence-corrected chi connectivity index (χ0v) is 6.89. The Bertz CT molecular complexity index is 456. The van der Waals surface area contributed by atoms with E-state index in [4.69, 9.17) is 9.84 Å². The molecule has 0 aromatic carbocycles. The molecule has 1 amide bonds. The first kappa shape index (κ1) is 7.31. The van der Waals surface area contributed by atoms with Crippen LogP contribution < -0.4 is 5.32 Å². The lowest BCUT2D eigenvalue weighted by Crippen LogP contribution is -2.49. The van der Waals surface area contributed by atoms with Crippen LogP contribution in [0.25, 0.3) is 0 Å². The molecule has 0 saturated carbocycles. The molecule has 3 rings (SSSR count). The van der Waals surface area contributed by atoms with Gasteiger partial charge in [-0.25, -0.2) is 9.79 Å². The Morgan fingerprint density at radius 3 is 3.29 bits per heavy atom. The minimum absolute atomic E-state index is 0.422. The van der Waals surface area contributed by atoms with Gasteiger partial charge in [-0.3, -0.25) is 10.3 Å². The van der Waals surface area contributed by atoms with E-state index in [2.05, 4.69) is 15.3 Å². The van der Waals surface area contributed by atoms with Crippen molar-refractivity contribution in [2.75, 3.05) is 0 Å². The van der Waals surface area contributed by atoms with Gasteiger partial charge in [-0.15, -0.1) is 0 Å². The predicted octanol–water partition coefficient (Wildman–Crippen LogP) is 0.245. The van der Waals surface area contributed by atoms with Gasteiger partial charge >= 0.3 is 6.09 Å². The molecule has 1 atom stereocenters. The Labute approximate surface area is 78.3 Å². The summed E-state index contributed by atoms with van der Waals surface area (Å²) in [7, 11) is 0. The van der Waals surface area contributed by atoms with Gasteiger partial charge in [0.05, 0.1) is 17.4 Å². The van der Waals surface area contributed by atoms with Crippen LogP contribution in [0.5, 0.6) is 0 Å². The second-order valence-electron chi connectivity index (χ2n) is 3.07. The zero-order chi connectivity index (χ0) is 9.76. The van der Waals surface area contributed by atoms with Crippen LogP contribution in [0.2, 0.25) is 0 Å². The Kier molecular flexibility index (Phi) is 1.06. The molecule has 3 aliphatic heterocycles. The van der Waals surface area contributed by atoms with E-state index in [1.807, 2.05) is 0 Å². The molecular formula is C8H5N3O3. The van der Waals surface area contributed by atoms with Gasteiger partial charge in [0.2, 0.25) is 5.88 Å². The number of hydrogen-bond donors (Lipinski definition) is 2.